The van der Waals surface area contributed by atoms with Gasteiger partial charge in [0.15, 0.2) is 0 Å². The standard InChI is InChI=1S/C24H20O5/c25-9-11-27-17-3-5-19-15(13-17)1-7-21-23(19)24-20-6-4-18(28-12-10-26)14-16(20)2-8-22(24)29-21/h1-8,13-14,25-26H,9-12H2. The Bertz CT molecular complexity index is 1230. The Morgan fingerprint density at radius 2 is 1.10 bits per heavy atom. The molecule has 5 heteroatoms. The highest BCUT2D eigenvalue weighted by Crippen LogP contribution is 2.40. The molecule has 5 aromatic rings. The SMILES string of the molecule is OCCOc1ccc2c(ccc3oc4ccc5cc(OCCO)ccc5c4c32)c1. The molecule has 0 spiro atoms. The largest absolute Gasteiger partial charge is 0.491 e. The molecule has 0 saturated carbocycles. The summed E-state index contributed by atoms with van der Waals surface area (Å²) in [6.07, 6.45) is 0. The fraction of sp³-hybridized carbons (Fsp3) is 0.167. The molecule has 0 radical (unpaired) electrons. The predicted octanol–water partition coefficient (Wildman–Crippen LogP) is 4.63. The van der Waals surface area contributed by atoms with E-state index in [0.29, 0.717) is 0 Å². The smallest absolute Gasteiger partial charge is 0.136 e. The Morgan fingerprint density at radius 3 is 1.55 bits per heavy atom. The van der Waals surface area contributed by atoms with Crippen molar-refractivity contribution in [3.8, 4) is 11.5 Å². The van der Waals surface area contributed by atoms with Crippen LogP contribution in [-0.4, -0.2) is 36.6 Å². The lowest BCUT2D eigenvalue weighted by atomic mass is 9.99. The fourth-order valence-corrected chi connectivity index (χ4v) is 3.89. The number of hydrogen-bond acceptors (Lipinski definition) is 5. The third-order valence-corrected chi connectivity index (χ3v) is 5.10. The van der Waals surface area contributed by atoms with E-state index < -0.39 is 0 Å². The average Bonchev–Trinajstić information content (AvgIpc) is 3.15. The summed E-state index contributed by atoms with van der Waals surface area (Å²) in [6.45, 7) is 0.514. The molecule has 0 atom stereocenters. The highest BCUT2D eigenvalue weighted by Gasteiger charge is 2.14. The van der Waals surface area contributed by atoms with E-state index in [2.05, 4.69) is 0 Å². The summed E-state index contributed by atoms with van der Waals surface area (Å²) >= 11 is 0. The summed E-state index contributed by atoms with van der Waals surface area (Å²) in [4.78, 5) is 0. The topological polar surface area (TPSA) is 72.1 Å². The van der Waals surface area contributed by atoms with Gasteiger partial charge in [-0.2, -0.15) is 0 Å². The minimum atomic E-state index is -0.0144. The van der Waals surface area contributed by atoms with Crippen molar-refractivity contribution in [1.82, 2.24) is 0 Å². The van der Waals surface area contributed by atoms with Crippen molar-refractivity contribution in [3.63, 3.8) is 0 Å². The number of aliphatic hydroxyl groups is 2. The average molecular weight is 388 g/mol. The molecule has 0 unspecified atom stereocenters. The lowest BCUT2D eigenvalue weighted by Crippen LogP contribution is -2.01. The van der Waals surface area contributed by atoms with Crippen LogP contribution in [0, 0.1) is 0 Å². The van der Waals surface area contributed by atoms with E-state index in [0.717, 1.165) is 55.0 Å². The van der Waals surface area contributed by atoms with Gasteiger partial charge in [-0.15, -0.1) is 0 Å². The Labute approximate surface area is 166 Å². The van der Waals surface area contributed by atoms with Crippen molar-refractivity contribution in [3.05, 3.63) is 60.7 Å². The molecule has 0 aliphatic carbocycles. The number of fused-ring (bicyclic) bond motifs is 7. The molecule has 146 valence electrons. The molecular formula is C24H20O5. The normalized spacial score (nSPS) is 11.7. The minimum absolute atomic E-state index is 0.0144. The molecule has 0 fully saturated rings. The van der Waals surface area contributed by atoms with Crippen LogP contribution in [0.3, 0.4) is 0 Å². The molecule has 2 N–H and O–H groups in total. The Kier molecular flexibility index (Phi) is 4.46. The van der Waals surface area contributed by atoms with Crippen LogP contribution in [0.5, 0.6) is 11.5 Å². The van der Waals surface area contributed by atoms with Crippen LogP contribution in [0.15, 0.2) is 65.1 Å². The first-order chi connectivity index (χ1) is 14.3. The first kappa shape index (κ1) is 17.8. The van der Waals surface area contributed by atoms with Crippen molar-refractivity contribution >= 4 is 43.5 Å². The molecule has 0 amide bonds. The summed E-state index contributed by atoms with van der Waals surface area (Å²) in [5, 5.41) is 24.4. The van der Waals surface area contributed by atoms with Gasteiger partial charge in [-0.3, -0.25) is 0 Å². The maximum absolute atomic E-state index is 8.98. The van der Waals surface area contributed by atoms with Gasteiger partial charge in [0.05, 0.1) is 13.2 Å². The van der Waals surface area contributed by atoms with Crippen LogP contribution in [0.1, 0.15) is 0 Å². The second-order valence-electron chi connectivity index (χ2n) is 6.89. The van der Waals surface area contributed by atoms with E-state index in [1.165, 1.54) is 0 Å². The van der Waals surface area contributed by atoms with Crippen LogP contribution >= 0.6 is 0 Å². The third-order valence-electron chi connectivity index (χ3n) is 5.10. The Balaban J connectivity index is 1.75. The Morgan fingerprint density at radius 1 is 0.621 bits per heavy atom. The zero-order chi connectivity index (χ0) is 19.8. The van der Waals surface area contributed by atoms with Crippen molar-refractivity contribution in [2.75, 3.05) is 26.4 Å². The molecular weight excluding hydrogens is 368 g/mol. The van der Waals surface area contributed by atoms with E-state index >= 15 is 0 Å². The fourth-order valence-electron chi connectivity index (χ4n) is 3.89. The van der Waals surface area contributed by atoms with Crippen LogP contribution in [0.25, 0.3) is 43.5 Å². The Hall–Kier alpha value is -3.28. The summed E-state index contributed by atoms with van der Waals surface area (Å²) < 4.78 is 17.2. The summed E-state index contributed by atoms with van der Waals surface area (Å²) in [6, 6.07) is 19.9. The first-order valence-electron chi connectivity index (χ1n) is 9.57. The predicted molar refractivity (Wildman–Crippen MR) is 114 cm³/mol. The molecule has 1 heterocycles. The summed E-state index contributed by atoms with van der Waals surface area (Å²) in [7, 11) is 0. The molecule has 29 heavy (non-hydrogen) atoms. The van der Waals surface area contributed by atoms with E-state index in [-0.39, 0.29) is 26.4 Å². The number of aliphatic hydroxyl groups excluding tert-OH is 2. The number of rotatable bonds is 6. The molecule has 0 bridgehead atoms. The second-order valence-corrected chi connectivity index (χ2v) is 6.89. The number of benzene rings is 4. The maximum atomic E-state index is 8.98. The molecule has 0 aliphatic heterocycles. The second kappa shape index (κ2) is 7.28. The van der Waals surface area contributed by atoms with Crippen molar-refractivity contribution in [2.24, 2.45) is 0 Å². The van der Waals surface area contributed by atoms with Crippen molar-refractivity contribution in [2.45, 2.75) is 0 Å². The number of furan rings is 1. The van der Waals surface area contributed by atoms with Gasteiger partial charge in [0.1, 0.15) is 35.9 Å². The lowest BCUT2D eigenvalue weighted by Gasteiger charge is -2.08. The zero-order valence-electron chi connectivity index (χ0n) is 15.7. The molecule has 0 saturated heterocycles. The van der Waals surface area contributed by atoms with Crippen LogP contribution in [-0.2, 0) is 0 Å². The maximum Gasteiger partial charge on any atom is 0.136 e. The number of hydrogen-bond donors (Lipinski definition) is 2. The van der Waals surface area contributed by atoms with E-state index in [9.17, 15) is 0 Å². The lowest BCUT2D eigenvalue weighted by molar-refractivity contribution is 0.201. The van der Waals surface area contributed by atoms with Gasteiger partial charge in [-0.1, -0.05) is 12.1 Å². The van der Waals surface area contributed by atoms with E-state index in [1.54, 1.807) is 0 Å². The van der Waals surface area contributed by atoms with Gasteiger partial charge in [-0.25, -0.2) is 0 Å². The minimum Gasteiger partial charge on any atom is -0.491 e. The van der Waals surface area contributed by atoms with Crippen molar-refractivity contribution in [1.29, 1.82) is 0 Å². The van der Waals surface area contributed by atoms with Gasteiger partial charge in [0.2, 0.25) is 0 Å². The number of ether oxygens (including phenoxy) is 2. The van der Waals surface area contributed by atoms with Gasteiger partial charge >= 0.3 is 0 Å². The van der Waals surface area contributed by atoms with Gasteiger partial charge in [0, 0.05) is 10.8 Å². The highest BCUT2D eigenvalue weighted by molar-refractivity contribution is 6.26. The van der Waals surface area contributed by atoms with Crippen molar-refractivity contribution < 1.29 is 24.1 Å². The van der Waals surface area contributed by atoms with E-state index in [4.69, 9.17) is 24.1 Å². The zero-order valence-corrected chi connectivity index (χ0v) is 15.7. The quantitative estimate of drug-likeness (QED) is 0.444. The molecule has 1 aromatic heterocycles. The van der Waals surface area contributed by atoms with Crippen LogP contribution < -0.4 is 9.47 Å². The third kappa shape index (κ3) is 3.05. The van der Waals surface area contributed by atoms with Gasteiger partial charge in [0.25, 0.3) is 0 Å². The van der Waals surface area contributed by atoms with Gasteiger partial charge < -0.3 is 24.1 Å². The van der Waals surface area contributed by atoms with Crippen LogP contribution in [0.4, 0.5) is 0 Å². The first-order valence-corrected chi connectivity index (χ1v) is 9.57. The molecule has 5 rings (SSSR count). The summed E-state index contributed by atoms with van der Waals surface area (Å²) in [5.41, 5.74) is 1.68. The van der Waals surface area contributed by atoms with Crippen LogP contribution in [0.2, 0.25) is 0 Å². The summed E-state index contributed by atoms with van der Waals surface area (Å²) in [5.74, 6) is 1.46. The molecule has 5 nitrogen and oxygen atoms in total. The van der Waals surface area contributed by atoms with Gasteiger partial charge in [-0.05, 0) is 70.1 Å². The molecule has 4 aromatic carbocycles. The van der Waals surface area contributed by atoms with E-state index in [1.807, 2.05) is 60.7 Å². The highest BCUT2D eigenvalue weighted by atomic mass is 16.5. The molecule has 0 aliphatic rings. The monoisotopic (exact) mass is 388 g/mol.